The molecule has 0 saturated carbocycles. The Balaban J connectivity index is 2.78. The van der Waals surface area contributed by atoms with Crippen molar-refractivity contribution < 1.29 is 9.53 Å². The van der Waals surface area contributed by atoms with Gasteiger partial charge >= 0.3 is 0 Å². The van der Waals surface area contributed by atoms with E-state index in [9.17, 15) is 4.79 Å². The Kier molecular flexibility index (Phi) is 4.62. The van der Waals surface area contributed by atoms with Crippen molar-refractivity contribution in [2.45, 2.75) is 13.8 Å². The van der Waals surface area contributed by atoms with Gasteiger partial charge in [0.05, 0.1) is 7.11 Å². The number of aryl methyl sites for hydroxylation is 1. The molecule has 1 amide bonds. The Morgan fingerprint density at radius 1 is 1.56 bits per heavy atom. The number of carbonyl (C=O) groups is 1. The van der Waals surface area contributed by atoms with E-state index in [4.69, 9.17) is 16.3 Å². The zero-order valence-electron chi connectivity index (χ0n) is 9.71. The fourth-order valence-corrected chi connectivity index (χ4v) is 1.37. The quantitative estimate of drug-likeness (QED) is 0.824. The molecule has 1 rings (SSSR count). The fraction of sp³-hybridized carbons (Fsp3) is 0.417. The lowest BCUT2D eigenvalue weighted by atomic mass is 10.1. The molecule has 0 aliphatic carbocycles. The normalized spacial score (nSPS) is 12.0. The first kappa shape index (κ1) is 12.8. The summed E-state index contributed by atoms with van der Waals surface area (Å²) in [7, 11) is 1.61. The van der Waals surface area contributed by atoms with Crippen LogP contribution in [0, 0.1) is 12.8 Å². The van der Waals surface area contributed by atoms with Crippen LogP contribution in [0.1, 0.15) is 12.5 Å². The van der Waals surface area contributed by atoms with Crippen molar-refractivity contribution in [2.75, 3.05) is 18.3 Å². The lowest BCUT2D eigenvalue weighted by Crippen LogP contribution is -2.21. The molecule has 1 aromatic carbocycles. The van der Waals surface area contributed by atoms with Crippen molar-refractivity contribution in [3.63, 3.8) is 0 Å². The molecule has 0 fully saturated rings. The first-order valence-electron chi connectivity index (χ1n) is 5.10. The molecule has 88 valence electrons. The van der Waals surface area contributed by atoms with E-state index in [1.165, 1.54) is 0 Å². The molecule has 16 heavy (non-hydrogen) atoms. The molecule has 0 saturated heterocycles. The highest BCUT2D eigenvalue weighted by Gasteiger charge is 2.12. The van der Waals surface area contributed by atoms with Gasteiger partial charge in [0.2, 0.25) is 5.91 Å². The van der Waals surface area contributed by atoms with Crippen LogP contribution in [0.2, 0.25) is 0 Å². The summed E-state index contributed by atoms with van der Waals surface area (Å²) in [5.74, 6) is 0.841. The molecule has 0 heterocycles. The Hall–Kier alpha value is -1.22. The second-order valence-electron chi connectivity index (χ2n) is 3.73. The summed E-state index contributed by atoms with van der Waals surface area (Å²) in [6.07, 6.45) is 0. The lowest BCUT2D eigenvalue weighted by Gasteiger charge is -2.12. The average Bonchev–Trinajstić information content (AvgIpc) is 2.30. The van der Waals surface area contributed by atoms with Crippen LogP contribution in [-0.2, 0) is 4.79 Å². The number of anilines is 1. The zero-order chi connectivity index (χ0) is 12.1. The number of carbonyl (C=O) groups excluding carboxylic acids is 1. The number of hydrogen-bond donors (Lipinski definition) is 1. The van der Waals surface area contributed by atoms with Gasteiger partial charge < -0.3 is 10.1 Å². The lowest BCUT2D eigenvalue weighted by molar-refractivity contribution is -0.118. The first-order chi connectivity index (χ1) is 7.58. The minimum atomic E-state index is -0.192. The Bertz CT molecular complexity index is 379. The topological polar surface area (TPSA) is 38.3 Å². The van der Waals surface area contributed by atoms with E-state index < -0.39 is 0 Å². The highest BCUT2D eigenvalue weighted by molar-refractivity contribution is 6.19. The second-order valence-corrected chi connectivity index (χ2v) is 4.03. The van der Waals surface area contributed by atoms with E-state index in [2.05, 4.69) is 5.32 Å². The van der Waals surface area contributed by atoms with Crippen molar-refractivity contribution in [1.82, 2.24) is 0 Å². The number of nitrogens with one attached hydrogen (secondary N) is 1. The zero-order valence-corrected chi connectivity index (χ0v) is 10.5. The van der Waals surface area contributed by atoms with Crippen molar-refractivity contribution in [3.8, 4) is 5.75 Å². The van der Waals surface area contributed by atoms with Crippen molar-refractivity contribution in [1.29, 1.82) is 0 Å². The van der Waals surface area contributed by atoms with Crippen LogP contribution >= 0.6 is 11.6 Å². The number of benzene rings is 1. The van der Waals surface area contributed by atoms with Crippen LogP contribution in [-0.4, -0.2) is 18.9 Å². The third-order valence-electron chi connectivity index (χ3n) is 2.37. The third kappa shape index (κ3) is 3.14. The maximum absolute atomic E-state index is 11.6. The van der Waals surface area contributed by atoms with Gasteiger partial charge in [-0.05, 0) is 30.7 Å². The maximum atomic E-state index is 11.6. The van der Waals surface area contributed by atoms with E-state index in [-0.39, 0.29) is 11.8 Å². The van der Waals surface area contributed by atoms with Crippen LogP contribution in [0.5, 0.6) is 5.75 Å². The molecule has 0 bridgehead atoms. The van der Waals surface area contributed by atoms with Gasteiger partial charge in [-0.25, -0.2) is 0 Å². The summed E-state index contributed by atoms with van der Waals surface area (Å²) in [6, 6.07) is 5.52. The molecule has 1 N–H and O–H groups in total. The van der Waals surface area contributed by atoms with E-state index in [0.29, 0.717) is 5.88 Å². The van der Waals surface area contributed by atoms with Gasteiger partial charge in [0.15, 0.2) is 0 Å². The SMILES string of the molecule is COc1ccc(NC(=O)C(C)CCl)c(C)c1. The second kappa shape index (κ2) is 5.75. The standard InChI is InChI=1S/C12H16ClNO2/c1-8-6-10(16-3)4-5-11(8)14-12(15)9(2)7-13/h4-6,9H,7H2,1-3H3,(H,14,15). The number of amides is 1. The van der Waals surface area contributed by atoms with Gasteiger partial charge in [-0.2, -0.15) is 0 Å². The first-order valence-corrected chi connectivity index (χ1v) is 5.63. The number of halogens is 1. The van der Waals surface area contributed by atoms with Crippen LogP contribution in [0.25, 0.3) is 0 Å². The molecule has 0 aliphatic rings. The molecular formula is C12H16ClNO2. The number of ether oxygens (including phenoxy) is 1. The molecule has 0 aromatic heterocycles. The average molecular weight is 242 g/mol. The summed E-state index contributed by atoms with van der Waals surface area (Å²) >= 11 is 5.62. The fourth-order valence-electron chi connectivity index (χ4n) is 1.23. The highest BCUT2D eigenvalue weighted by Crippen LogP contribution is 2.21. The molecular weight excluding hydrogens is 226 g/mol. The van der Waals surface area contributed by atoms with Gasteiger partial charge in [0.1, 0.15) is 5.75 Å². The Labute approximate surface area is 101 Å². The molecule has 1 atom stereocenters. The van der Waals surface area contributed by atoms with Gasteiger partial charge in [0.25, 0.3) is 0 Å². The summed E-state index contributed by atoms with van der Waals surface area (Å²) in [5, 5.41) is 2.83. The molecule has 1 aromatic rings. The largest absolute Gasteiger partial charge is 0.497 e. The predicted molar refractivity (Wildman–Crippen MR) is 66.2 cm³/mol. The van der Waals surface area contributed by atoms with Gasteiger partial charge in [-0.3, -0.25) is 4.79 Å². The van der Waals surface area contributed by atoms with Gasteiger partial charge in [0, 0.05) is 17.5 Å². The minimum absolute atomic E-state index is 0.0664. The van der Waals surface area contributed by atoms with Gasteiger partial charge in [-0.1, -0.05) is 6.92 Å². The number of alkyl halides is 1. The summed E-state index contributed by atoms with van der Waals surface area (Å²) in [6.45, 7) is 3.71. The summed E-state index contributed by atoms with van der Waals surface area (Å²) in [5.41, 5.74) is 1.76. The maximum Gasteiger partial charge on any atom is 0.228 e. The van der Waals surface area contributed by atoms with Crippen LogP contribution in [0.3, 0.4) is 0 Å². The van der Waals surface area contributed by atoms with Crippen molar-refractivity contribution in [3.05, 3.63) is 23.8 Å². The molecule has 0 radical (unpaired) electrons. The smallest absolute Gasteiger partial charge is 0.228 e. The summed E-state index contributed by atoms with van der Waals surface area (Å²) < 4.78 is 5.09. The molecule has 3 nitrogen and oxygen atoms in total. The van der Waals surface area contributed by atoms with Crippen LogP contribution < -0.4 is 10.1 Å². The number of methoxy groups -OCH3 is 1. The highest BCUT2D eigenvalue weighted by atomic mass is 35.5. The van der Waals surface area contributed by atoms with E-state index in [1.807, 2.05) is 25.1 Å². The predicted octanol–water partition coefficient (Wildman–Crippen LogP) is 2.82. The molecule has 0 aliphatic heterocycles. The van der Waals surface area contributed by atoms with Crippen LogP contribution in [0.4, 0.5) is 5.69 Å². The van der Waals surface area contributed by atoms with E-state index >= 15 is 0 Å². The van der Waals surface area contributed by atoms with E-state index in [0.717, 1.165) is 17.0 Å². The molecule has 0 spiro atoms. The Morgan fingerprint density at radius 2 is 2.25 bits per heavy atom. The Morgan fingerprint density at radius 3 is 2.75 bits per heavy atom. The van der Waals surface area contributed by atoms with Crippen molar-refractivity contribution >= 4 is 23.2 Å². The minimum Gasteiger partial charge on any atom is -0.497 e. The van der Waals surface area contributed by atoms with E-state index in [1.54, 1.807) is 14.0 Å². The van der Waals surface area contributed by atoms with Crippen molar-refractivity contribution in [2.24, 2.45) is 5.92 Å². The summed E-state index contributed by atoms with van der Waals surface area (Å²) in [4.78, 5) is 11.6. The van der Waals surface area contributed by atoms with Gasteiger partial charge in [-0.15, -0.1) is 11.6 Å². The number of rotatable bonds is 4. The molecule has 4 heteroatoms. The van der Waals surface area contributed by atoms with Crippen LogP contribution in [0.15, 0.2) is 18.2 Å². The monoisotopic (exact) mass is 241 g/mol. The number of hydrogen-bond acceptors (Lipinski definition) is 2. The molecule has 1 unspecified atom stereocenters. The third-order valence-corrected chi connectivity index (χ3v) is 2.83.